The van der Waals surface area contributed by atoms with Crippen molar-refractivity contribution in [3.63, 3.8) is 0 Å². The minimum atomic E-state index is -0.913. The molecule has 1 saturated heterocycles. The lowest BCUT2D eigenvalue weighted by molar-refractivity contribution is 0.0263. The number of ether oxygens (including phenoxy) is 1. The minimum Gasteiger partial charge on any atom is -0.386 e. The van der Waals surface area contributed by atoms with E-state index < -0.39 is 5.60 Å². The number of nitrogens with zero attached hydrogens (tertiary/aromatic N) is 1. The fourth-order valence-electron chi connectivity index (χ4n) is 2.35. The van der Waals surface area contributed by atoms with Crippen molar-refractivity contribution >= 4 is 21.8 Å². The number of carbonyl (C=O) groups is 1. The van der Waals surface area contributed by atoms with Crippen molar-refractivity contribution < 1.29 is 14.6 Å². The van der Waals surface area contributed by atoms with E-state index in [4.69, 9.17) is 4.74 Å². The molecule has 6 heteroatoms. The summed E-state index contributed by atoms with van der Waals surface area (Å²) in [6, 6.07) is 2.27. The van der Waals surface area contributed by atoms with Gasteiger partial charge in [-0.1, -0.05) is 0 Å². The SMILES string of the molecule is O=C(NCC1(O)CCOC1)c1cc(Br)cn1C1CC1. The molecule has 1 unspecified atom stereocenters. The van der Waals surface area contributed by atoms with Gasteiger partial charge in [0.05, 0.1) is 6.61 Å². The van der Waals surface area contributed by atoms with Gasteiger partial charge >= 0.3 is 0 Å². The van der Waals surface area contributed by atoms with E-state index in [0.717, 1.165) is 17.3 Å². The number of amides is 1. The molecule has 5 nitrogen and oxygen atoms in total. The first kappa shape index (κ1) is 13.1. The molecule has 1 saturated carbocycles. The Hall–Kier alpha value is -0.850. The van der Waals surface area contributed by atoms with Crippen LogP contribution in [-0.4, -0.2) is 40.9 Å². The van der Waals surface area contributed by atoms with Crippen molar-refractivity contribution in [2.24, 2.45) is 0 Å². The Morgan fingerprint density at radius 3 is 3.05 bits per heavy atom. The zero-order valence-corrected chi connectivity index (χ0v) is 12.1. The number of aliphatic hydroxyl groups is 1. The lowest BCUT2D eigenvalue weighted by Gasteiger charge is -2.20. The van der Waals surface area contributed by atoms with Crippen LogP contribution in [0.3, 0.4) is 0 Å². The quantitative estimate of drug-likeness (QED) is 0.879. The van der Waals surface area contributed by atoms with Gasteiger partial charge in [0.1, 0.15) is 11.3 Å². The smallest absolute Gasteiger partial charge is 0.268 e. The Bertz CT molecular complexity index is 490. The lowest BCUT2D eigenvalue weighted by atomic mass is 10.0. The van der Waals surface area contributed by atoms with Crippen LogP contribution < -0.4 is 5.32 Å². The third kappa shape index (κ3) is 2.85. The molecule has 19 heavy (non-hydrogen) atoms. The maximum absolute atomic E-state index is 12.2. The molecule has 3 rings (SSSR count). The summed E-state index contributed by atoms with van der Waals surface area (Å²) in [7, 11) is 0. The van der Waals surface area contributed by atoms with Crippen LogP contribution in [0.2, 0.25) is 0 Å². The molecule has 2 N–H and O–H groups in total. The second-order valence-electron chi connectivity index (χ2n) is 5.39. The van der Waals surface area contributed by atoms with Crippen molar-refractivity contribution in [2.45, 2.75) is 30.9 Å². The molecule has 2 aliphatic rings. The van der Waals surface area contributed by atoms with Crippen molar-refractivity contribution in [3.8, 4) is 0 Å². The predicted molar refractivity (Wildman–Crippen MR) is 73.1 cm³/mol. The normalized spacial score (nSPS) is 26.6. The fraction of sp³-hybridized carbons (Fsp3) is 0.615. The van der Waals surface area contributed by atoms with Crippen LogP contribution in [0.5, 0.6) is 0 Å². The highest BCUT2D eigenvalue weighted by Crippen LogP contribution is 2.37. The number of rotatable bonds is 4. The molecule has 1 atom stereocenters. The van der Waals surface area contributed by atoms with Crippen LogP contribution in [-0.2, 0) is 4.74 Å². The van der Waals surface area contributed by atoms with E-state index in [1.54, 1.807) is 0 Å². The molecule has 1 aromatic rings. The molecular weight excluding hydrogens is 312 g/mol. The molecule has 2 heterocycles. The Labute approximate surface area is 120 Å². The van der Waals surface area contributed by atoms with E-state index in [2.05, 4.69) is 21.2 Å². The summed E-state index contributed by atoms with van der Waals surface area (Å²) in [5.74, 6) is -0.141. The standard InChI is InChI=1S/C13H17BrN2O3/c14-9-5-11(16(6-9)10-1-2-10)12(17)15-7-13(18)3-4-19-8-13/h5-6,10,18H,1-4,7-8H2,(H,15,17). The predicted octanol–water partition coefficient (Wildman–Crippen LogP) is 1.47. The van der Waals surface area contributed by atoms with Gasteiger partial charge in [-0.25, -0.2) is 0 Å². The highest BCUT2D eigenvalue weighted by atomic mass is 79.9. The molecule has 104 valence electrons. The zero-order chi connectivity index (χ0) is 13.5. The van der Waals surface area contributed by atoms with Gasteiger partial charge in [0, 0.05) is 36.3 Å². The van der Waals surface area contributed by atoms with Crippen LogP contribution in [0, 0.1) is 0 Å². The van der Waals surface area contributed by atoms with Crippen LogP contribution in [0.1, 0.15) is 35.8 Å². The largest absolute Gasteiger partial charge is 0.386 e. The first-order chi connectivity index (χ1) is 9.07. The Kier molecular flexibility index (Phi) is 3.41. The molecular formula is C13H17BrN2O3. The number of carbonyl (C=O) groups excluding carboxylic acids is 1. The van der Waals surface area contributed by atoms with E-state index in [-0.39, 0.29) is 12.5 Å². The Morgan fingerprint density at radius 1 is 1.63 bits per heavy atom. The summed E-state index contributed by atoms with van der Waals surface area (Å²) in [5, 5.41) is 12.9. The number of hydrogen-bond donors (Lipinski definition) is 2. The maximum Gasteiger partial charge on any atom is 0.268 e. The summed E-state index contributed by atoms with van der Waals surface area (Å²) in [4.78, 5) is 12.2. The van der Waals surface area contributed by atoms with Crippen molar-refractivity contribution in [1.29, 1.82) is 0 Å². The third-order valence-electron chi connectivity index (χ3n) is 3.65. The Morgan fingerprint density at radius 2 is 2.42 bits per heavy atom. The molecule has 2 fully saturated rings. The molecule has 1 aliphatic carbocycles. The van der Waals surface area contributed by atoms with Gasteiger partial charge in [-0.3, -0.25) is 4.79 Å². The third-order valence-corrected chi connectivity index (χ3v) is 4.08. The van der Waals surface area contributed by atoms with Crippen molar-refractivity contribution in [2.75, 3.05) is 19.8 Å². The zero-order valence-electron chi connectivity index (χ0n) is 10.6. The second-order valence-corrected chi connectivity index (χ2v) is 6.31. The Balaban J connectivity index is 1.66. The topological polar surface area (TPSA) is 63.5 Å². The number of nitrogens with one attached hydrogen (secondary N) is 1. The van der Waals surface area contributed by atoms with Crippen LogP contribution in [0.15, 0.2) is 16.7 Å². The molecule has 0 spiro atoms. The number of halogens is 1. The molecule has 1 aliphatic heterocycles. The summed E-state index contributed by atoms with van der Waals surface area (Å²) in [5.41, 5.74) is -0.263. The molecule has 0 aromatic carbocycles. The molecule has 0 radical (unpaired) electrons. The number of hydrogen-bond acceptors (Lipinski definition) is 3. The van der Waals surface area contributed by atoms with Gasteiger partial charge in [-0.05, 0) is 34.8 Å². The van der Waals surface area contributed by atoms with E-state index in [1.807, 2.05) is 16.8 Å². The summed E-state index contributed by atoms with van der Waals surface area (Å²) in [6.45, 7) is 1.08. The van der Waals surface area contributed by atoms with Gasteiger partial charge in [-0.15, -0.1) is 0 Å². The molecule has 1 aromatic heterocycles. The average molecular weight is 329 g/mol. The van der Waals surface area contributed by atoms with Gasteiger partial charge in [0.25, 0.3) is 5.91 Å². The first-order valence-corrected chi connectivity index (χ1v) is 7.32. The lowest BCUT2D eigenvalue weighted by Crippen LogP contribution is -2.43. The van der Waals surface area contributed by atoms with Crippen LogP contribution >= 0.6 is 15.9 Å². The van der Waals surface area contributed by atoms with Gasteiger partial charge in [0.15, 0.2) is 0 Å². The summed E-state index contributed by atoms with van der Waals surface area (Å²) >= 11 is 3.41. The van der Waals surface area contributed by atoms with E-state index >= 15 is 0 Å². The maximum atomic E-state index is 12.2. The minimum absolute atomic E-state index is 0.141. The van der Waals surface area contributed by atoms with Crippen molar-refractivity contribution in [3.05, 3.63) is 22.4 Å². The van der Waals surface area contributed by atoms with Crippen LogP contribution in [0.25, 0.3) is 0 Å². The van der Waals surface area contributed by atoms with Gasteiger partial charge in [0.2, 0.25) is 0 Å². The van der Waals surface area contributed by atoms with Gasteiger partial charge < -0.3 is 19.7 Å². The van der Waals surface area contributed by atoms with Gasteiger partial charge in [-0.2, -0.15) is 0 Å². The fourth-order valence-corrected chi connectivity index (χ4v) is 2.79. The monoisotopic (exact) mass is 328 g/mol. The summed E-state index contributed by atoms with van der Waals surface area (Å²) in [6.07, 6.45) is 4.76. The second kappa shape index (κ2) is 4.92. The van der Waals surface area contributed by atoms with Crippen LogP contribution in [0.4, 0.5) is 0 Å². The molecule has 0 bridgehead atoms. The van der Waals surface area contributed by atoms with E-state index in [9.17, 15) is 9.90 Å². The highest BCUT2D eigenvalue weighted by molar-refractivity contribution is 9.10. The van der Waals surface area contributed by atoms with E-state index in [0.29, 0.717) is 31.4 Å². The first-order valence-electron chi connectivity index (χ1n) is 6.53. The van der Waals surface area contributed by atoms with E-state index in [1.165, 1.54) is 0 Å². The number of aromatic nitrogens is 1. The highest BCUT2D eigenvalue weighted by Gasteiger charge is 2.33. The van der Waals surface area contributed by atoms with Crippen molar-refractivity contribution in [1.82, 2.24) is 9.88 Å². The summed E-state index contributed by atoms with van der Waals surface area (Å²) < 4.78 is 8.08. The molecule has 1 amide bonds. The average Bonchev–Trinajstić information content (AvgIpc) is 3.02.